The summed E-state index contributed by atoms with van der Waals surface area (Å²) in [4.78, 5) is 20.3. The summed E-state index contributed by atoms with van der Waals surface area (Å²) in [6, 6.07) is 1.79. The third kappa shape index (κ3) is 1.79. The zero-order valence-electron chi connectivity index (χ0n) is 9.27. The van der Waals surface area contributed by atoms with Crippen molar-refractivity contribution in [2.24, 2.45) is 0 Å². The van der Waals surface area contributed by atoms with Crippen molar-refractivity contribution < 1.29 is 9.53 Å². The molecule has 0 N–H and O–H groups in total. The average Bonchev–Trinajstić information content (AvgIpc) is 3.20. The van der Waals surface area contributed by atoms with Crippen LogP contribution in [-0.4, -0.2) is 23.0 Å². The van der Waals surface area contributed by atoms with Gasteiger partial charge in [-0.3, -0.25) is 0 Å². The fourth-order valence-corrected chi connectivity index (χ4v) is 1.81. The minimum atomic E-state index is -0.355. The van der Waals surface area contributed by atoms with Gasteiger partial charge in [-0.1, -0.05) is 0 Å². The van der Waals surface area contributed by atoms with Crippen molar-refractivity contribution in [3.8, 4) is 0 Å². The predicted octanol–water partition coefficient (Wildman–Crippen LogP) is 2.02. The van der Waals surface area contributed by atoms with Gasteiger partial charge in [-0.15, -0.1) is 0 Å². The molecule has 0 aromatic carbocycles. The van der Waals surface area contributed by atoms with E-state index in [0.717, 1.165) is 24.4 Å². The molecule has 0 saturated heterocycles. The topological polar surface area (TPSA) is 52.1 Å². The van der Waals surface area contributed by atoms with E-state index in [1.165, 1.54) is 20.0 Å². The fraction of sp³-hybridized carbons (Fsp3) is 0.583. The third-order valence-electron chi connectivity index (χ3n) is 3.10. The van der Waals surface area contributed by atoms with Crippen molar-refractivity contribution in [2.75, 3.05) is 7.11 Å². The summed E-state index contributed by atoms with van der Waals surface area (Å²) in [7, 11) is 1.39. The Labute approximate surface area is 94.1 Å². The maximum absolute atomic E-state index is 11.5. The maximum Gasteiger partial charge on any atom is 0.356 e. The zero-order valence-corrected chi connectivity index (χ0v) is 9.27. The van der Waals surface area contributed by atoms with Crippen LogP contribution in [-0.2, 0) is 4.74 Å². The van der Waals surface area contributed by atoms with Crippen LogP contribution in [0.3, 0.4) is 0 Å². The summed E-state index contributed by atoms with van der Waals surface area (Å²) in [5.41, 5.74) is 1.44. The van der Waals surface area contributed by atoms with E-state index in [1.807, 2.05) is 0 Å². The van der Waals surface area contributed by atoms with Gasteiger partial charge in [0.1, 0.15) is 5.82 Å². The highest BCUT2D eigenvalue weighted by atomic mass is 16.5. The van der Waals surface area contributed by atoms with Crippen molar-refractivity contribution >= 4 is 5.97 Å². The molecule has 1 heterocycles. The number of ether oxygens (including phenoxy) is 1. The minimum absolute atomic E-state index is 0.355. The first-order valence-corrected chi connectivity index (χ1v) is 5.75. The first-order valence-electron chi connectivity index (χ1n) is 5.75. The molecule has 2 aliphatic carbocycles. The Morgan fingerprint density at radius 1 is 1.25 bits per heavy atom. The van der Waals surface area contributed by atoms with Gasteiger partial charge in [0.2, 0.25) is 0 Å². The number of esters is 1. The molecule has 3 rings (SSSR count). The lowest BCUT2D eigenvalue weighted by Crippen LogP contribution is -2.09. The van der Waals surface area contributed by atoms with Crippen LogP contribution in [0.5, 0.6) is 0 Å². The number of carbonyl (C=O) groups excluding carboxylic acids is 1. The Morgan fingerprint density at radius 2 is 1.94 bits per heavy atom. The molecular weight excluding hydrogens is 204 g/mol. The molecule has 0 amide bonds. The first-order chi connectivity index (χ1) is 7.78. The number of rotatable bonds is 3. The highest BCUT2D eigenvalue weighted by Gasteiger charge is 2.31. The number of aromatic nitrogens is 2. The fourth-order valence-electron chi connectivity index (χ4n) is 1.81. The number of nitrogens with zero attached hydrogens (tertiary/aromatic N) is 2. The lowest BCUT2D eigenvalue weighted by atomic mass is 10.2. The molecule has 2 saturated carbocycles. The zero-order chi connectivity index (χ0) is 11.1. The molecule has 4 heteroatoms. The molecule has 16 heavy (non-hydrogen) atoms. The highest BCUT2D eigenvalue weighted by Crippen LogP contribution is 2.42. The van der Waals surface area contributed by atoms with Crippen LogP contribution >= 0.6 is 0 Å². The summed E-state index contributed by atoms with van der Waals surface area (Å²) < 4.78 is 4.72. The number of methoxy groups -OCH3 is 1. The van der Waals surface area contributed by atoms with Crippen LogP contribution in [0.2, 0.25) is 0 Å². The van der Waals surface area contributed by atoms with E-state index in [4.69, 9.17) is 4.74 Å². The molecule has 84 valence electrons. The van der Waals surface area contributed by atoms with Gasteiger partial charge in [-0.05, 0) is 31.7 Å². The number of carbonyl (C=O) groups is 1. The standard InChI is InChI=1S/C12H14N2O2/c1-16-12(15)10-6-9(7-2-3-7)13-11(14-10)8-4-5-8/h6-8H,2-5H2,1H3. The van der Waals surface area contributed by atoms with Gasteiger partial charge in [0, 0.05) is 17.5 Å². The van der Waals surface area contributed by atoms with Crippen LogP contribution < -0.4 is 0 Å². The summed E-state index contributed by atoms with van der Waals surface area (Å²) in [5, 5.41) is 0. The van der Waals surface area contributed by atoms with Gasteiger partial charge in [0.25, 0.3) is 0 Å². The highest BCUT2D eigenvalue weighted by molar-refractivity contribution is 5.87. The first kappa shape index (κ1) is 9.75. The maximum atomic E-state index is 11.5. The summed E-state index contributed by atoms with van der Waals surface area (Å²) in [6.07, 6.45) is 4.66. The number of hydrogen-bond acceptors (Lipinski definition) is 4. The van der Waals surface area contributed by atoms with Crippen molar-refractivity contribution in [1.82, 2.24) is 9.97 Å². The molecule has 0 unspecified atom stereocenters. The van der Waals surface area contributed by atoms with E-state index in [2.05, 4.69) is 9.97 Å². The number of hydrogen-bond donors (Lipinski definition) is 0. The second-order valence-electron chi connectivity index (χ2n) is 4.58. The van der Waals surface area contributed by atoms with Gasteiger partial charge < -0.3 is 4.74 Å². The van der Waals surface area contributed by atoms with Crippen molar-refractivity contribution in [1.29, 1.82) is 0 Å². The molecule has 1 aromatic heterocycles. The molecule has 0 bridgehead atoms. The van der Waals surface area contributed by atoms with Crippen LogP contribution in [0, 0.1) is 0 Å². The Balaban J connectivity index is 1.99. The molecular formula is C12H14N2O2. The summed E-state index contributed by atoms with van der Waals surface area (Å²) in [5.74, 6) is 1.50. The molecule has 0 radical (unpaired) electrons. The van der Waals surface area contributed by atoms with E-state index in [0.29, 0.717) is 17.5 Å². The van der Waals surface area contributed by atoms with Crippen LogP contribution in [0.15, 0.2) is 6.07 Å². The third-order valence-corrected chi connectivity index (χ3v) is 3.10. The molecule has 4 nitrogen and oxygen atoms in total. The summed E-state index contributed by atoms with van der Waals surface area (Å²) in [6.45, 7) is 0. The molecule has 0 spiro atoms. The van der Waals surface area contributed by atoms with Crippen LogP contribution in [0.1, 0.15) is 59.5 Å². The minimum Gasteiger partial charge on any atom is -0.464 e. The Morgan fingerprint density at radius 3 is 2.50 bits per heavy atom. The van der Waals surface area contributed by atoms with Crippen molar-refractivity contribution in [3.63, 3.8) is 0 Å². The van der Waals surface area contributed by atoms with E-state index < -0.39 is 0 Å². The van der Waals surface area contributed by atoms with E-state index in [9.17, 15) is 4.79 Å². The Kier molecular flexibility index (Phi) is 2.16. The van der Waals surface area contributed by atoms with Gasteiger partial charge in [0.05, 0.1) is 7.11 Å². The average molecular weight is 218 g/mol. The van der Waals surface area contributed by atoms with Gasteiger partial charge in [-0.25, -0.2) is 14.8 Å². The molecule has 0 atom stereocenters. The largest absolute Gasteiger partial charge is 0.464 e. The Bertz CT molecular complexity index is 406. The Hall–Kier alpha value is -1.45. The van der Waals surface area contributed by atoms with Gasteiger partial charge in [-0.2, -0.15) is 0 Å². The lowest BCUT2D eigenvalue weighted by Gasteiger charge is -2.05. The van der Waals surface area contributed by atoms with Crippen LogP contribution in [0.4, 0.5) is 0 Å². The molecule has 2 aliphatic rings. The molecule has 1 aromatic rings. The SMILES string of the molecule is COC(=O)c1cc(C2CC2)nc(C2CC2)n1. The van der Waals surface area contributed by atoms with E-state index in [1.54, 1.807) is 6.07 Å². The van der Waals surface area contributed by atoms with Crippen molar-refractivity contribution in [3.05, 3.63) is 23.3 Å². The monoisotopic (exact) mass is 218 g/mol. The van der Waals surface area contributed by atoms with E-state index in [-0.39, 0.29) is 5.97 Å². The smallest absolute Gasteiger partial charge is 0.356 e. The van der Waals surface area contributed by atoms with Gasteiger partial charge >= 0.3 is 5.97 Å². The quantitative estimate of drug-likeness (QED) is 0.728. The lowest BCUT2D eigenvalue weighted by molar-refractivity contribution is 0.0593. The molecule has 0 aliphatic heterocycles. The summed E-state index contributed by atoms with van der Waals surface area (Å²) >= 11 is 0. The normalized spacial score (nSPS) is 19.6. The van der Waals surface area contributed by atoms with Crippen molar-refractivity contribution in [2.45, 2.75) is 37.5 Å². The molecule has 2 fully saturated rings. The predicted molar refractivity (Wildman–Crippen MR) is 57.3 cm³/mol. The van der Waals surface area contributed by atoms with Gasteiger partial charge in [0.15, 0.2) is 5.69 Å². The second-order valence-corrected chi connectivity index (χ2v) is 4.58. The second kappa shape index (κ2) is 3.54. The van der Waals surface area contributed by atoms with Crippen LogP contribution in [0.25, 0.3) is 0 Å². The van der Waals surface area contributed by atoms with E-state index >= 15 is 0 Å².